The molecule has 5 nitrogen and oxygen atoms in total. The van der Waals surface area contributed by atoms with Crippen molar-refractivity contribution in [3.8, 4) is 22.4 Å². The molecule has 1 fully saturated rings. The molecule has 1 aliphatic heterocycles. The minimum atomic E-state index is -0.964. The quantitative estimate of drug-likeness (QED) is 0.446. The molecule has 1 atom stereocenters. The van der Waals surface area contributed by atoms with Crippen molar-refractivity contribution in [2.75, 3.05) is 11.4 Å². The smallest absolute Gasteiger partial charge is 0.304 e. The molecule has 1 N–H and O–H groups in total. The molecule has 1 unspecified atom stereocenters. The number of carbonyl (C=O) groups is 2. The van der Waals surface area contributed by atoms with E-state index >= 15 is 0 Å². The summed E-state index contributed by atoms with van der Waals surface area (Å²) in [5.41, 5.74) is 5.33. The first-order valence-corrected chi connectivity index (χ1v) is 11.6. The van der Waals surface area contributed by atoms with Crippen LogP contribution in [0.5, 0.6) is 0 Å². The summed E-state index contributed by atoms with van der Waals surface area (Å²) in [7, 11) is 0. The van der Waals surface area contributed by atoms with Gasteiger partial charge in [-0.2, -0.15) is 0 Å². The number of nitrogens with zero attached hydrogens (tertiary/aromatic N) is 2. The molecule has 1 aliphatic rings. The lowest BCUT2D eigenvalue weighted by molar-refractivity contribution is -0.141. The Bertz CT molecular complexity index is 1220. The summed E-state index contributed by atoms with van der Waals surface area (Å²) in [6.07, 6.45) is 1.14. The van der Waals surface area contributed by atoms with E-state index in [0.29, 0.717) is 28.8 Å². The summed E-state index contributed by atoms with van der Waals surface area (Å²) in [5, 5.41) is 10.5. The number of hydrogen-bond acceptors (Lipinski definition) is 3. The molecule has 3 aromatic rings. The minimum absolute atomic E-state index is 0.169. The lowest BCUT2D eigenvalue weighted by atomic mass is 9.91. The lowest BCUT2D eigenvalue weighted by Crippen LogP contribution is -2.43. The van der Waals surface area contributed by atoms with Crippen LogP contribution in [-0.4, -0.2) is 28.5 Å². The van der Waals surface area contributed by atoms with E-state index in [9.17, 15) is 14.7 Å². The van der Waals surface area contributed by atoms with E-state index in [4.69, 9.17) is 28.2 Å². The second kappa shape index (κ2) is 9.54. The number of hydrogen-bond donors (Lipinski definition) is 1. The van der Waals surface area contributed by atoms with Crippen molar-refractivity contribution in [1.29, 1.82) is 0 Å². The number of carboxylic acid groups (broad SMARTS) is 1. The Balaban J connectivity index is 1.91. The zero-order valence-electron chi connectivity index (χ0n) is 18.4. The summed E-state index contributed by atoms with van der Waals surface area (Å²) in [5.74, 6) is -1.11. The highest BCUT2D eigenvalue weighted by Gasteiger charge is 2.33. The van der Waals surface area contributed by atoms with Gasteiger partial charge in [-0.15, -0.1) is 0 Å². The SMILES string of the molecule is Cc1c(N2CCCC(CC(=O)O)C2=O)nc(-c2ccc(Cl)cc2)c(-c2cccc(Cl)c2)c1C. The maximum absolute atomic E-state index is 13.2. The maximum atomic E-state index is 13.2. The van der Waals surface area contributed by atoms with Crippen molar-refractivity contribution in [2.24, 2.45) is 5.92 Å². The third-order valence-corrected chi connectivity index (χ3v) is 6.67. The van der Waals surface area contributed by atoms with Crippen molar-refractivity contribution in [1.82, 2.24) is 4.98 Å². The highest BCUT2D eigenvalue weighted by atomic mass is 35.5. The van der Waals surface area contributed by atoms with Crippen LogP contribution >= 0.6 is 23.2 Å². The summed E-state index contributed by atoms with van der Waals surface area (Å²) < 4.78 is 0. The zero-order chi connectivity index (χ0) is 23.7. The second-order valence-electron chi connectivity index (χ2n) is 8.35. The third-order valence-electron chi connectivity index (χ3n) is 6.18. The Kier molecular flexibility index (Phi) is 6.73. The number of rotatable bonds is 5. The highest BCUT2D eigenvalue weighted by Crippen LogP contribution is 2.40. The minimum Gasteiger partial charge on any atom is -0.481 e. The van der Waals surface area contributed by atoms with E-state index in [1.54, 1.807) is 4.90 Å². The first kappa shape index (κ1) is 23.3. The van der Waals surface area contributed by atoms with Gasteiger partial charge in [0.1, 0.15) is 5.82 Å². The molecular formula is C26H24Cl2N2O3. The number of amides is 1. The highest BCUT2D eigenvalue weighted by molar-refractivity contribution is 6.31. The van der Waals surface area contributed by atoms with E-state index in [2.05, 4.69) is 0 Å². The van der Waals surface area contributed by atoms with Crippen LogP contribution in [0.4, 0.5) is 5.82 Å². The lowest BCUT2D eigenvalue weighted by Gasteiger charge is -2.33. The molecule has 1 saturated heterocycles. The van der Waals surface area contributed by atoms with Crippen LogP contribution in [0, 0.1) is 19.8 Å². The van der Waals surface area contributed by atoms with Crippen LogP contribution in [0.15, 0.2) is 48.5 Å². The van der Waals surface area contributed by atoms with Gasteiger partial charge in [0.2, 0.25) is 5.91 Å². The fourth-order valence-electron chi connectivity index (χ4n) is 4.42. The molecule has 0 radical (unpaired) electrons. The van der Waals surface area contributed by atoms with Gasteiger partial charge >= 0.3 is 5.97 Å². The van der Waals surface area contributed by atoms with Crippen molar-refractivity contribution in [2.45, 2.75) is 33.1 Å². The number of halogens is 2. The van der Waals surface area contributed by atoms with E-state index < -0.39 is 11.9 Å². The van der Waals surface area contributed by atoms with Gasteiger partial charge in [-0.3, -0.25) is 14.5 Å². The van der Waals surface area contributed by atoms with Crippen molar-refractivity contribution in [3.63, 3.8) is 0 Å². The molecule has 0 saturated carbocycles. The van der Waals surface area contributed by atoms with Gasteiger partial charge in [0.15, 0.2) is 0 Å². The third kappa shape index (κ3) is 4.75. The number of aliphatic carboxylic acids is 1. The van der Waals surface area contributed by atoms with Crippen LogP contribution in [0.25, 0.3) is 22.4 Å². The van der Waals surface area contributed by atoms with Gasteiger partial charge in [0, 0.05) is 33.6 Å². The van der Waals surface area contributed by atoms with Gasteiger partial charge in [0.25, 0.3) is 0 Å². The molecule has 1 aromatic heterocycles. The monoisotopic (exact) mass is 482 g/mol. The van der Waals surface area contributed by atoms with Crippen molar-refractivity contribution in [3.05, 3.63) is 69.7 Å². The van der Waals surface area contributed by atoms with Crippen LogP contribution in [0.2, 0.25) is 10.0 Å². The topological polar surface area (TPSA) is 70.5 Å². The molecule has 0 bridgehead atoms. The molecule has 0 aliphatic carbocycles. The number of piperidine rings is 1. The molecule has 170 valence electrons. The average molecular weight is 483 g/mol. The number of pyridine rings is 1. The first-order chi connectivity index (χ1) is 15.8. The number of anilines is 1. The van der Waals surface area contributed by atoms with Gasteiger partial charge in [-0.05, 0) is 67.6 Å². The van der Waals surface area contributed by atoms with Crippen LogP contribution in [-0.2, 0) is 9.59 Å². The Labute approximate surface area is 203 Å². The maximum Gasteiger partial charge on any atom is 0.304 e. The number of aromatic nitrogens is 1. The van der Waals surface area contributed by atoms with Crippen LogP contribution in [0.1, 0.15) is 30.4 Å². The molecule has 7 heteroatoms. The second-order valence-corrected chi connectivity index (χ2v) is 9.23. The largest absolute Gasteiger partial charge is 0.481 e. The fourth-order valence-corrected chi connectivity index (χ4v) is 4.73. The predicted molar refractivity (Wildman–Crippen MR) is 132 cm³/mol. The van der Waals surface area contributed by atoms with E-state index in [1.807, 2.05) is 62.4 Å². The molecule has 1 amide bonds. The van der Waals surface area contributed by atoms with Gasteiger partial charge in [0.05, 0.1) is 12.1 Å². The average Bonchev–Trinajstić information content (AvgIpc) is 2.77. The molecule has 4 rings (SSSR count). The standard InChI is InChI=1S/C26H24Cl2N2O3/c1-15-16(2)25(30-12-4-6-19(26(30)33)14-22(31)32)29-24(17-8-10-20(27)11-9-17)23(15)18-5-3-7-21(28)13-18/h3,5,7-11,13,19H,4,6,12,14H2,1-2H3,(H,31,32). The number of carbonyl (C=O) groups excluding carboxylic acids is 1. The Morgan fingerprint density at radius 1 is 1.06 bits per heavy atom. The van der Waals surface area contributed by atoms with E-state index in [0.717, 1.165) is 39.9 Å². The van der Waals surface area contributed by atoms with Crippen molar-refractivity contribution >= 4 is 40.9 Å². The van der Waals surface area contributed by atoms with Crippen LogP contribution in [0.3, 0.4) is 0 Å². The molecule has 0 spiro atoms. The Hall–Kier alpha value is -2.89. The first-order valence-electron chi connectivity index (χ1n) is 10.8. The molecular weight excluding hydrogens is 459 g/mol. The van der Waals surface area contributed by atoms with Gasteiger partial charge in [-0.25, -0.2) is 4.98 Å². The molecule has 33 heavy (non-hydrogen) atoms. The van der Waals surface area contributed by atoms with Gasteiger partial charge in [-0.1, -0.05) is 47.5 Å². The zero-order valence-corrected chi connectivity index (χ0v) is 20.0. The summed E-state index contributed by atoms with van der Waals surface area (Å²) >= 11 is 12.4. The summed E-state index contributed by atoms with van der Waals surface area (Å²) in [6.45, 7) is 4.48. The van der Waals surface area contributed by atoms with E-state index in [1.165, 1.54) is 0 Å². The van der Waals surface area contributed by atoms with Crippen LogP contribution < -0.4 is 4.90 Å². The predicted octanol–water partition coefficient (Wildman–Crippen LogP) is 6.56. The Morgan fingerprint density at radius 2 is 1.79 bits per heavy atom. The molecule has 2 aromatic carbocycles. The summed E-state index contributed by atoms with van der Waals surface area (Å²) in [4.78, 5) is 31.1. The van der Waals surface area contributed by atoms with E-state index in [-0.39, 0.29) is 12.3 Å². The number of benzene rings is 2. The summed E-state index contributed by atoms with van der Waals surface area (Å²) in [6, 6.07) is 15.0. The Morgan fingerprint density at radius 3 is 2.45 bits per heavy atom. The number of carboxylic acids is 1. The van der Waals surface area contributed by atoms with Crippen molar-refractivity contribution < 1.29 is 14.7 Å². The fraction of sp³-hybridized carbons (Fsp3) is 0.269. The normalized spacial score (nSPS) is 16.2. The molecule has 2 heterocycles. The van der Waals surface area contributed by atoms with Gasteiger partial charge < -0.3 is 5.11 Å².